The summed E-state index contributed by atoms with van der Waals surface area (Å²) in [4.78, 5) is 11.9. The van der Waals surface area contributed by atoms with Crippen LogP contribution in [0.15, 0.2) is 36.0 Å². The maximum atomic E-state index is 11.9. The van der Waals surface area contributed by atoms with Crippen LogP contribution >= 0.6 is 11.6 Å². The minimum atomic E-state index is -0.345. The molecule has 17 heavy (non-hydrogen) atoms. The van der Waals surface area contributed by atoms with Gasteiger partial charge in [-0.05, 0) is 31.2 Å². The van der Waals surface area contributed by atoms with E-state index in [0.29, 0.717) is 10.6 Å². The SMILES string of the molecule is C/C(=C\Nc1ccc(Cl)cc1)C(=O)C(C)(C)C. The van der Waals surface area contributed by atoms with E-state index < -0.39 is 0 Å². The number of carbonyl (C=O) groups is 1. The molecular weight excluding hydrogens is 234 g/mol. The molecule has 0 aliphatic heterocycles. The van der Waals surface area contributed by atoms with Gasteiger partial charge in [-0.15, -0.1) is 0 Å². The molecule has 0 aliphatic carbocycles. The van der Waals surface area contributed by atoms with Crippen LogP contribution in [0.3, 0.4) is 0 Å². The zero-order chi connectivity index (χ0) is 13.1. The smallest absolute Gasteiger partial charge is 0.165 e. The number of hydrogen-bond acceptors (Lipinski definition) is 2. The number of benzene rings is 1. The zero-order valence-corrected chi connectivity index (χ0v) is 11.4. The van der Waals surface area contributed by atoms with E-state index in [1.54, 1.807) is 18.3 Å². The molecule has 0 atom stereocenters. The third kappa shape index (κ3) is 4.23. The summed E-state index contributed by atoms with van der Waals surface area (Å²) in [6.07, 6.45) is 1.73. The normalized spacial score (nSPS) is 12.4. The Bertz CT molecular complexity index is 427. The van der Waals surface area contributed by atoms with Crippen molar-refractivity contribution >= 4 is 23.1 Å². The van der Waals surface area contributed by atoms with Crippen LogP contribution in [-0.4, -0.2) is 5.78 Å². The fourth-order valence-electron chi connectivity index (χ4n) is 1.39. The molecule has 1 N–H and O–H groups in total. The number of nitrogens with one attached hydrogen (secondary N) is 1. The minimum Gasteiger partial charge on any atom is -0.361 e. The van der Waals surface area contributed by atoms with E-state index in [1.807, 2.05) is 39.8 Å². The van der Waals surface area contributed by atoms with Crippen molar-refractivity contribution < 1.29 is 4.79 Å². The highest BCUT2D eigenvalue weighted by atomic mass is 35.5. The van der Waals surface area contributed by atoms with Crippen molar-refractivity contribution in [2.75, 3.05) is 5.32 Å². The molecule has 0 saturated carbocycles. The Balaban J connectivity index is 2.71. The molecule has 0 fully saturated rings. The van der Waals surface area contributed by atoms with Gasteiger partial charge < -0.3 is 5.32 Å². The van der Waals surface area contributed by atoms with Crippen LogP contribution in [0.25, 0.3) is 0 Å². The average molecular weight is 252 g/mol. The van der Waals surface area contributed by atoms with E-state index in [4.69, 9.17) is 11.6 Å². The van der Waals surface area contributed by atoms with Crippen molar-refractivity contribution in [2.45, 2.75) is 27.7 Å². The van der Waals surface area contributed by atoms with Crippen LogP contribution in [0.5, 0.6) is 0 Å². The van der Waals surface area contributed by atoms with Crippen LogP contribution in [-0.2, 0) is 4.79 Å². The molecule has 0 unspecified atom stereocenters. The van der Waals surface area contributed by atoms with Gasteiger partial charge in [0.05, 0.1) is 0 Å². The van der Waals surface area contributed by atoms with Crippen molar-refractivity contribution in [2.24, 2.45) is 5.41 Å². The Morgan fingerprint density at radius 1 is 1.24 bits per heavy atom. The van der Waals surface area contributed by atoms with Gasteiger partial charge in [-0.3, -0.25) is 4.79 Å². The lowest BCUT2D eigenvalue weighted by molar-refractivity contribution is -0.122. The summed E-state index contributed by atoms with van der Waals surface area (Å²) in [7, 11) is 0. The fraction of sp³-hybridized carbons (Fsp3) is 0.357. The van der Waals surface area contributed by atoms with E-state index in [-0.39, 0.29) is 11.2 Å². The lowest BCUT2D eigenvalue weighted by Crippen LogP contribution is -2.21. The third-order valence-corrected chi connectivity index (χ3v) is 2.59. The summed E-state index contributed by atoms with van der Waals surface area (Å²) in [5.41, 5.74) is 1.28. The van der Waals surface area contributed by atoms with Gasteiger partial charge in [0.15, 0.2) is 5.78 Å². The highest BCUT2D eigenvalue weighted by molar-refractivity contribution is 6.30. The number of rotatable bonds is 3. The first-order chi connectivity index (χ1) is 7.80. The summed E-state index contributed by atoms with van der Waals surface area (Å²) < 4.78 is 0. The van der Waals surface area contributed by atoms with Gasteiger partial charge in [0.25, 0.3) is 0 Å². The van der Waals surface area contributed by atoms with Gasteiger partial charge in [0.2, 0.25) is 0 Å². The maximum Gasteiger partial charge on any atom is 0.165 e. The molecule has 0 spiro atoms. The molecule has 0 bridgehead atoms. The Hall–Kier alpha value is -1.28. The van der Waals surface area contributed by atoms with E-state index >= 15 is 0 Å². The van der Waals surface area contributed by atoms with E-state index in [1.165, 1.54) is 0 Å². The number of carbonyl (C=O) groups excluding carboxylic acids is 1. The second kappa shape index (κ2) is 5.37. The first-order valence-corrected chi connectivity index (χ1v) is 5.92. The topological polar surface area (TPSA) is 29.1 Å². The van der Waals surface area contributed by atoms with Gasteiger partial charge in [-0.1, -0.05) is 32.4 Å². The summed E-state index contributed by atoms with van der Waals surface area (Å²) in [5, 5.41) is 3.78. The number of halogens is 1. The van der Waals surface area contributed by atoms with Crippen LogP contribution in [0.4, 0.5) is 5.69 Å². The van der Waals surface area contributed by atoms with Crippen molar-refractivity contribution in [3.63, 3.8) is 0 Å². The van der Waals surface area contributed by atoms with E-state index in [0.717, 1.165) is 5.69 Å². The molecule has 0 radical (unpaired) electrons. The molecule has 0 aliphatic rings. The Morgan fingerprint density at radius 2 is 1.76 bits per heavy atom. The number of hydrogen-bond donors (Lipinski definition) is 1. The molecule has 0 saturated heterocycles. The number of ketones is 1. The third-order valence-electron chi connectivity index (χ3n) is 2.34. The van der Waals surface area contributed by atoms with E-state index in [9.17, 15) is 4.79 Å². The number of allylic oxidation sites excluding steroid dienone is 1. The highest BCUT2D eigenvalue weighted by Crippen LogP contribution is 2.20. The summed E-state index contributed by atoms with van der Waals surface area (Å²) >= 11 is 5.79. The monoisotopic (exact) mass is 251 g/mol. The predicted molar refractivity (Wildman–Crippen MR) is 73.3 cm³/mol. The first kappa shape index (κ1) is 13.8. The van der Waals surface area contributed by atoms with Crippen LogP contribution in [0, 0.1) is 5.41 Å². The number of anilines is 1. The first-order valence-electron chi connectivity index (χ1n) is 5.54. The lowest BCUT2D eigenvalue weighted by Gasteiger charge is -2.16. The molecule has 1 rings (SSSR count). The fourth-order valence-corrected chi connectivity index (χ4v) is 1.52. The summed E-state index contributed by atoms with van der Waals surface area (Å²) in [5.74, 6) is 0.138. The van der Waals surface area contributed by atoms with Crippen LogP contribution in [0.2, 0.25) is 5.02 Å². The lowest BCUT2D eigenvalue weighted by atomic mass is 9.87. The van der Waals surface area contributed by atoms with Crippen LogP contribution < -0.4 is 5.32 Å². The molecule has 1 aromatic carbocycles. The van der Waals surface area contributed by atoms with Gasteiger partial charge >= 0.3 is 0 Å². The summed E-state index contributed by atoms with van der Waals surface area (Å²) in [6.45, 7) is 7.55. The Kier molecular flexibility index (Phi) is 4.35. The Labute approximate surface area is 108 Å². The second-order valence-electron chi connectivity index (χ2n) is 5.06. The van der Waals surface area contributed by atoms with Crippen molar-refractivity contribution in [1.82, 2.24) is 0 Å². The largest absolute Gasteiger partial charge is 0.361 e. The van der Waals surface area contributed by atoms with E-state index in [2.05, 4.69) is 5.32 Å². The standard InChI is InChI=1S/C14H18ClNO/c1-10(13(17)14(2,3)4)9-16-12-7-5-11(15)6-8-12/h5-9,16H,1-4H3/b10-9+. The quantitative estimate of drug-likeness (QED) is 0.813. The number of Topliss-reactive ketones (excluding diaryl/α,β-unsaturated/α-hetero) is 1. The summed E-state index contributed by atoms with van der Waals surface area (Å²) in [6, 6.07) is 7.35. The van der Waals surface area contributed by atoms with Gasteiger partial charge in [0.1, 0.15) is 0 Å². The predicted octanol–water partition coefficient (Wildman–Crippen LogP) is 4.27. The molecule has 0 heterocycles. The molecule has 0 amide bonds. The molecule has 2 nitrogen and oxygen atoms in total. The molecular formula is C14H18ClNO. The van der Waals surface area contributed by atoms with Gasteiger partial charge in [-0.2, -0.15) is 0 Å². The van der Waals surface area contributed by atoms with Gasteiger partial charge in [-0.25, -0.2) is 0 Å². The molecule has 3 heteroatoms. The zero-order valence-electron chi connectivity index (χ0n) is 10.7. The molecule has 0 aromatic heterocycles. The average Bonchev–Trinajstić information content (AvgIpc) is 2.25. The van der Waals surface area contributed by atoms with Crippen molar-refractivity contribution in [3.8, 4) is 0 Å². The van der Waals surface area contributed by atoms with Gasteiger partial charge in [0, 0.05) is 27.9 Å². The van der Waals surface area contributed by atoms with Crippen molar-refractivity contribution in [1.29, 1.82) is 0 Å². The second-order valence-corrected chi connectivity index (χ2v) is 5.49. The maximum absolute atomic E-state index is 11.9. The minimum absolute atomic E-state index is 0.138. The highest BCUT2D eigenvalue weighted by Gasteiger charge is 2.22. The van der Waals surface area contributed by atoms with Crippen LogP contribution in [0.1, 0.15) is 27.7 Å². The molecule has 92 valence electrons. The Morgan fingerprint density at radius 3 is 2.24 bits per heavy atom. The molecule has 1 aromatic rings. The van der Waals surface area contributed by atoms with Crippen molar-refractivity contribution in [3.05, 3.63) is 41.1 Å².